The Morgan fingerprint density at radius 2 is 1.53 bits per heavy atom. The van der Waals surface area contributed by atoms with Gasteiger partial charge in [0.15, 0.2) is 0 Å². The fourth-order valence-corrected chi connectivity index (χ4v) is 4.65. The number of benzene rings is 1. The molecule has 0 aromatic heterocycles. The van der Waals surface area contributed by atoms with Gasteiger partial charge in [-0.15, -0.1) is 0 Å². The van der Waals surface area contributed by atoms with Gasteiger partial charge in [-0.2, -0.15) is 0 Å². The number of rotatable bonds is 9. The normalized spacial score (nSPS) is 22.3. The summed E-state index contributed by atoms with van der Waals surface area (Å²) >= 11 is 0. The number of carbonyl (C=O) groups excluding carboxylic acids is 2. The van der Waals surface area contributed by atoms with E-state index in [0.717, 1.165) is 31.4 Å². The lowest BCUT2D eigenvalue weighted by molar-refractivity contribution is -0.151. The quantitative estimate of drug-likeness (QED) is 0.493. The standard InChI is InChI=1S/C25H36O5/c1-28-22-14-10-20(11-15-22)21-12-16-23(17-13-21)30-25(27)9-5-8-24(26)29-18-19-6-3-2-4-7-19/h10-11,14-15,19,21,23H,2-9,12-13,16-18H2,1H3. The molecule has 2 fully saturated rings. The van der Waals surface area contributed by atoms with Crippen LogP contribution >= 0.6 is 0 Å². The summed E-state index contributed by atoms with van der Waals surface area (Å²) in [5, 5.41) is 0. The third-order valence-corrected chi connectivity index (χ3v) is 6.53. The molecule has 2 aliphatic rings. The predicted octanol–water partition coefficient (Wildman–Crippen LogP) is 5.56. The van der Waals surface area contributed by atoms with Gasteiger partial charge in [-0.25, -0.2) is 0 Å². The molecule has 0 bridgehead atoms. The maximum Gasteiger partial charge on any atom is 0.306 e. The van der Waals surface area contributed by atoms with Gasteiger partial charge in [0.1, 0.15) is 11.9 Å². The van der Waals surface area contributed by atoms with Crippen LogP contribution in [0.5, 0.6) is 5.75 Å². The van der Waals surface area contributed by atoms with E-state index in [-0.39, 0.29) is 24.5 Å². The summed E-state index contributed by atoms with van der Waals surface area (Å²) in [5.74, 6) is 1.54. The fraction of sp³-hybridized carbons (Fsp3) is 0.680. The summed E-state index contributed by atoms with van der Waals surface area (Å²) in [6.07, 6.45) is 11.1. The van der Waals surface area contributed by atoms with Crippen molar-refractivity contribution in [3.63, 3.8) is 0 Å². The van der Waals surface area contributed by atoms with Crippen molar-refractivity contribution in [1.82, 2.24) is 0 Å². The van der Waals surface area contributed by atoms with Crippen molar-refractivity contribution in [2.24, 2.45) is 5.92 Å². The van der Waals surface area contributed by atoms with Crippen LogP contribution in [0.4, 0.5) is 0 Å². The first-order valence-electron chi connectivity index (χ1n) is 11.6. The van der Waals surface area contributed by atoms with Gasteiger partial charge in [0, 0.05) is 12.8 Å². The maximum atomic E-state index is 12.1. The molecule has 30 heavy (non-hydrogen) atoms. The molecule has 0 radical (unpaired) electrons. The third kappa shape index (κ3) is 7.33. The summed E-state index contributed by atoms with van der Waals surface area (Å²) in [7, 11) is 1.68. The Balaban J connectivity index is 1.26. The van der Waals surface area contributed by atoms with Crippen LogP contribution in [0.3, 0.4) is 0 Å². The van der Waals surface area contributed by atoms with Gasteiger partial charge in [0.25, 0.3) is 0 Å². The van der Waals surface area contributed by atoms with E-state index in [1.165, 1.54) is 37.7 Å². The Bertz CT molecular complexity index is 655. The average molecular weight is 417 g/mol. The molecule has 0 amide bonds. The molecule has 2 saturated carbocycles. The molecule has 0 atom stereocenters. The first-order chi connectivity index (χ1) is 14.6. The molecule has 1 aromatic carbocycles. The summed E-state index contributed by atoms with van der Waals surface area (Å²) < 4.78 is 16.2. The van der Waals surface area contributed by atoms with Gasteiger partial charge in [-0.1, -0.05) is 31.4 Å². The van der Waals surface area contributed by atoms with E-state index >= 15 is 0 Å². The SMILES string of the molecule is COc1ccc(C2CCC(OC(=O)CCCC(=O)OCC3CCCCC3)CC2)cc1. The van der Waals surface area contributed by atoms with Crippen molar-refractivity contribution >= 4 is 11.9 Å². The van der Waals surface area contributed by atoms with Crippen LogP contribution in [0.15, 0.2) is 24.3 Å². The van der Waals surface area contributed by atoms with E-state index in [1.54, 1.807) is 7.11 Å². The smallest absolute Gasteiger partial charge is 0.306 e. The monoisotopic (exact) mass is 416 g/mol. The van der Waals surface area contributed by atoms with E-state index < -0.39 is 0 Å². The highest BCUT2D eigenvalue weighted by Crippen LogP contribution is 2.34. The van der Waals surface area contributed by atoms with Gasteiger partial charge in [0.2, 0.25) is 0 Å². The van der Waals surface area contributed by atoms with Crippen molar-refractivity contribution in [3.05, 3.63) is 29.8 Å². The number of ether oxygens (including phenoxy) is 3. The second kappa shape index (κ2) is 12.0. The minimum absolute atomic E-state index is 0.00486. The molecular formula is C25H36O5. The van der Waals surface area contributed by atoms with Crippen LogP contribution in [0.1, 0.15) is 88.5 Å². The third-order valence-electron chi connectivity index (χ3n) is 6.53. The molecule has 5 heteroatoms. The second-order valence-corrected chi connectivity index (χ2v) is 8.78. The van der Waals surface area contributed by atoms with Crippen LogP contribution < -0.4 is 4.74 Å². The molecular weight excluding hydrogens is 380 g/mol. The van der Waals surface area contributed by atoms with Gasteiger partial charge in [0.05, 0.1) is 13.7 Å². The van der Waals surface area contributed by atoms with Gasteiger partial charge >= 0.3 is 11.9 Å². The van der Waals surface area contributed by atoms with Crippen LogP contribution in [-0.4, -0.2) is 31.8 Å². The van der Waals surface area contributed by atoms with Gasteiger partial charge < -0.3 is 14.2 Å². The van der Waals surface area contributed by atoms with Crippen LogP contribution in [0, 0.1) is 5.92 Å². The van der Waals surface area contributed by atoms with Crippen molar-refractivity contribution in [2.75, 3.05) is 13.7 Å². The highest BCUT2D eigenvalue weighted by atomic mass is 16.5. The largest absolute Gasteiger partial charge is 0.497 e. The van der Waals surface area contributed by atoms with E-state index in [1.807, 2.05) is 12.1 Å². The molecule has 5 nitrogen and oxygen atoms in total. The molecule has 166 valence electrons. The number of hydrogen-bond acceptors (Lipinski definition) is 5. The van der Waals surface area contributed by atoms with Crippen LogP contribution in [0.2, 0.25) is 0 Å². The average Bonchev–Trinajstić information content (AvgIpc) is 2.79. The lowest BCUT2D eigenvalue weighted by Gasteiger charge is -2.28. The predicted molar refractivity (Wildman–Crippen MR) is 115 cm³/mol. The van der Waals surface area contributed by atoms with E-state index in [0.29, 0.717) is 31.3 Å². The van der Waals surface area contributed by atoms with Crippen molar-refractivity contribution in [1.29, 1.82) is 0 Å². The summed E-state index contributed by atoms with van der Waals surface area (Å²) in [6, 6.07) is 8.26. The fourth-order valence-electron chi connectivity index (χ4n) is 4.65. The van der Waals surface area contributed by atoms with Crippen molar-refractivity contribution < 1.29 is 23.8 Å². The van der Waals surface area contributed by atoms with Gasteiger partial charge in [-0.05, 0) is 74.5 Å². The molecule has 0 aliphatic heterocycles. The van der Waals surface area contributed by atoms with E-state index in [2.05, 4.69) is 12.1 Å². The Morgan fingerprint density at radius 3 is 2.20 bits per heavy atom. The lowest BCUT2D eigenvalue weighted by Crippen LogP contribution is -2.24. The van der Waals surface area contributed by atoms with Crippen LogP contribution in [-0.2, 0) is 19.1 Å². The van der Waals surface area contributed by atoms with E-state index in [4.69, 9.17) is 14.2 Å². The number of hydrogen-bond donors (Lipinski definition) is 0. The number of carbonyl (C=O) groups is 2. The molecule has 0 saturated heterocycles. The molecule has 1 aromatic rings. The molecule has 3 rings (SSSR count). The molecule has 2 aliphatic carbocycles. The Morgan fingerprint density at radius 1 is 0.867 bits per heavy atom. The van der Waals surface area contributed by atoms with Crippen molar-refractivity contribution in [3.8, 4) is 5.75 Å². The second-order valence-electron chi connectivity index (χ2n) is 8.78. The topological polar surface area (TPSA) is 61.8 Å². The summed E-state index contributed by atoms with van der Waals surface area (Å²) in [6.45, 7) is 0.542. The minimum atomic E-state index is -0.192. The molecule has 0 N–H and O–H groups in total. The Hall–Kier alpha value is -2.04. The zero-order chi connectivity index (χ0) is 21.2. The maximum absolute atomic E-state index is 12.1. The molecule has 0 spiro atoms. The highest BCUT2D eigenvalue weighted by Gasteiger charge is 2.25. The first-order valence-corrected chi connectivity index (χ1v) is 11.6. The van der Waals surface area contributed by atoms with Crippen molar-refractivity contribution in [2.45, 2.75) is 89.1 Å². The summed E-state index contributed by atoms with van der Waals surface area (Å²) in [5.41, 5.74) is 1.33. The highest BCUT2D eigenvalue weighted by molar-refractivity contribution is 5.72. The van der Waals surface area contributed by atoms with Gasteiger partial charge in [-0.3, -0.25) is 9.59 Å². The lowest BCUT2D eigenvalue weighted by atomic mass is 9.83. The molecule has 0 unspecified atom stereocenters. The number of methoxy groups -OCH3 is 1. The molecule has 0 heterocycles. The number of esters is 2. The Kier molecular flexibility index (Phi) is 9.03. The Labute approximate surface area is 180 Å². The van der Waals surface area contributed by atoms with Crippen LogP contribution in [0.25, 0.3) is 0 Å². The zero-order valence-electron chi connectivity index (χ0n) is 18.3. The minimum Gasteiger partial charge on any atom is -0.497 e. The zero-order valence-corrected chi connectivity index (χ0v) is 18.3. The first kappa shape index (κ1) is 22.6. The summed E-state index contributed by atoms with van der Waals surface area (Å²) in [4.78, 5) is 24.0. The van der Waals surface area contributed by atoms with E-state index in [9.17, 15) is 9.59 Å².